The van der Waals surface area contributed by atoms with Crippen LogP contribution in [0, 0.1) is 6.10 Å². The SMILES string of the molecule is CC1=NO[C-](C)C1.[Re]. The molecule has 2 nitrogen and oxygen atoms in total. The van der Waals surface area contributed by atoms with Crippen molar-refractivity contribution in [1.29, 1.82) is 0 Å². The molecule has 0 bridgehead atoms. The zero-order valence-electron chi connectivity index (χ0n) is 4.94. The van der Waals surface area contributed by atoms with Crippen molar-refractivity contribution in [3.8, 4) is 0 Å². The molecule has 0 spiro atoms. The van der Waals surface area contributed by atoms with Gasteiger partial charge in [-0.3, -0.25) is 0 Å². The van der Waals surface area contributed by atoms with Crippen LogP contribution >= 0.6 is 0 Å². The maximum atomic E-state index is 4.77. The quantitative estimate of drug-likeness (QED) is 0.615. The fourth-order valence-electron chi connectivity index (χ4n) is 0.581. The molecule has 0 saturated heterocycles. The fraction of sp³-hybridized carbons (Fsp3) is 0.600. The standard InChI is InChI=1S/C5H8NO.Re/c1-4-3-5(2)7-6-4;/h3H2,1-2H3;/q-1;. The van der Waals surface area contributed by atoms with Gasteiger partial charge in [-0.15, -0.1) is 11.3 Å². The van der Waals surface area contributed by atoms with Gasteiger partial charge in [-0.05, 0) is 6.92 Å². The normalized spacial score (nSPS) is 19.0. The van der Waals surface area contributed by atoms with Crippen molar-refractivity contribution in [2.24, 2.45) is 5.16 Å². The molecular formula is C5H8NORe-. The van der Waals surface area contributed by atoms with Crippen molar-refractivity contribution in [2.45, 2.75) is 20.3 Å². The summed E-state index contributed by atoms with van der Waals surface area (Å²) in [5, 5.41) is 3.70. The molecule has 0 fully saturated rings. The van der Waals surface area contributed by atoms with Crippen LogP contribution in [0.15, 0.2) is 5.16 Å². The molecule has 0 aromatic heterocycles. The Balaban J connectivity index is 0.000000490. The number of hydrogen-bond donors (Lipinski definition) is 0. The van der Waals surface area contributed by atoms with Gasteiger partial charge in [0.15, 0.2) is 0 Å². The van der Waals surface area contributed by atoms with E-state index in [1.54, 1.807) is 0 Å². The van der Waals surface area contributed by atoms with Crippen LogP contribution < -0.4 is 0 Å². The Hall–Kier alpha value is 0.132. The molecule has 0 aliphatic carbocycles. The van der Waals surface area contributed by atoms with Crippen LogP contribution in [-0.4, -0.2) is 5.71 Å². The predicted octanol–water partition coefficient (Wildman–Crippen LogP) is 1.33. The van der Waals surface area contributed by atoms with Crippen LogP contribution in [0.5, 0.6) is 0 Å². The van der Waals surface area contributed by atoms with Gasteiger partial charge in [0.2, 0.25) is 0 Å². The summed E-state index contributed by atoms with van der Waals surface area (Å²) >= 11 is 0. The molecule has 0 aromatic carbocycles. The van der Waals surface area contributed by atoms with Crippen molar-refractivity contribution in [1.82, 2.24) is 0 Å². The van der Waals surface area contributed by atoms with Crippen LogP contribution in [0.1, 0.15) is 20.3 Å². The Morgan fingerprint density at radius 1 is 1.75 bits per heavy atom. The molecule has 47 valence electrons. The van der Waals surface area contributed by atoms with Gasteiger partial charge in [0.25, 0.3) is 0 Å². The van der Waals surface area contributed by atoms with Gasteiger partial charge in [-0.2, -0.15) is 6.92 Å². The first-order valence-electron chi connectivity index (χ1n) is 2.32. The van der Waals surface area contributed by atoms with Gasteiger partial charge >= 0.3 is 0 Å². The molecule has 3 heteroatoms. The summed E-state index contributed by atoms with van der Waals surface area (Å²) in [6.07, 6.45) is 1.91. The van der Waals surface area contributed by atoms with Crippen LogP contribution in [0.25, 0.3) is 0 Å². The minimum absolute atomic E-state index is 0. The molecule has 0 saturated carbocycles. The van der Waals surface area contributed by atoms with E-state index in [-0.39, 0.29) is 20.4 Å². The van der Waals surface area contributed by atoms with Crippen molar-refractivity contribution >= 4 is 5.71 Å². The van der Waals surface area contributed by atoms with E-state index in [9.17, 15) is 0 Å². The maximum Gasteiger partial charge on any atom is 0.0247 e. The minimum atomic E-state index is 0. The molecule has 0 amide bonds. The maximum absolute atomic E-state index is 4.77. The molecule has 0 N–H and O–H groups in total. The van der Waals surface area contributed by atoms with Crippen molar-refractivity contribution in [2.75, 3.05) is 0 Å². The van der Waals surface area contributed by atoms with Gasteiger partial charge in [0.1, 0.15) is 0 Å². The molecule has 0 aromatic rings. The first kappa shape index (κ1) is 8.13. The van der Waals surface area contributed by atoms with E-state index in [1.807, 2.05) is 13.8 Å². The Morgan fingerprint density at radius 2 is 2.38 bits per heavy atom. The van der Waals surface area contributed by atoms with Gasteiger partial charge < -0.3 is 4.84 Å². The number of oxime groups is 1. The third kappa shape index (κ3) is 1.94. The van der Waals surface area contributed by atoms with Crippen LogP contribution in [-0.2, 0) is 25.3 Å². The van der Waals surface area contributed by atoms with Crippen molar-refractivity contribution in [3.05, 3.63) is 6.10 Å². The molecule has 1 heterocycles. The van der Waals surface area contributed by atoms with Crippen LogP contribution in [0.2, 0.25) is 0 Å². The smallest absolute Gasteiger partial charge is 0.0247 e. The third-order valence-electron chi connectivity index (χ3n) is 0.862. The minimum Gasteiger partial charge on any atom is -0.564 e. The average molecular weight is 284 g/mol. The van der Waals surface area contributed by atoms with E-state index in [0.717, 1.165) is 18.2 Å². The molecule has 1 aliphatic heterocycles. The number of rotatable bonds is 0. The van der Waals surface area contributed by atoms with Gasteiger partial charge in [-0.1, -0.05) is 6.42 Å². The fourth-order valence-corrected chi connectivity index (χ4v) is 0.581. The summed E-state index contributed by atoms with van der Waals surface area (Å²) in [6.45, 7) is 3.89. The van der Waals surface area contributed by atoms with Crippen LogP contribution in [0.4, 0.5) is 0 Å². The zero-order chi connectivity index (χ0) is 5.28. The van der Waals surface area contributed by atoms with E-state index in [2.05, 4.69) is 5.16 Å². The van der Waals surface area contributed by atoms with E-state index in [1.165, 1.54) is 0 Å². The van der Waals surface area contributed by atoms with Crippen molar-refractivity contribution in [3.63, 3.8) is 0 Å². The number of nitrogens with zero attached hydrogens (tertiary/aromatic N) is 1. The molecule has 0 atom stereocenters. The molecular weight excluding hydrogens is 276 g/mol. The number of hydrogen-bond acceptors (Lipinski definition) is 2. The molecule has 1 aliphatic rings. The predicted molar refractivity (Wildman–Crippen MR) is 27.7 cm³/mol. The Kier molecular flexibility index (Phi) is 3.27. The van der Waals surface area contributed by atoms with E-state index >= 15 is 0 Å². The molecule has 1 radical (unpaired) electrons. The summed E-state index contributed by atoms with van der Waals surface area (Å²) in [7, 11) is 0. The Morgan fingerprint density at radius 3 is 2.50 bits per heavy atom. The third-order valence-corrected chi connectivity index (χ3v) is 0.862. The van der Waals surface area contributed by atoms with Crippen LogP contribution in [0.3, 0.4) is 0 Å². The molecule has 1 rings (SSSR count). The van der Waals surface area contributed by atoms with Crippen molar-refractivity contribution < 1.29 is 25.3 Å². The van der Waals surface area contributed by atoms with Gasteiger partial charge in [-0.25, -0.2) is 0 Å². The first-order valence-corrected chi connectivity index (χ1v) is 2.32. The first-order chi connectivity index (χ1) is 3.29. The monoisotopic (exact) mass is 285 g/mol. The summed E-state index contributed by atoms with van der Waals surface area (Å²) < 4.78 is 0. The Labute approximate surface area is 62.9 Å². The van der Waals surface area contributed by atoms with E-state index in [0.29, 0.717) is 0 Å². The van der Waals surface area contributed by atoms with E-state index in [4.69, 9.17) is 4.84 Å². The second kappa shape index (κ2) is 3.22. The Bertz CT molecular complexity index is 103. The summed E-state index contributed by atoms with van der Waals surface area (Å²) in [6, 6.07) is 0. The molecule has 8 heavy (non-hydrogen) atoms. The summed E-state index contributed by atoms with van der Waals surface area (Å²) in [5.41, 5.74) is 1.07. The summed E-state index contributed by atoms with van der Waals surface area (Å²) in [5.74, 6) is 0. The van der Waals surface area contributed by atoms with Gasteiger partial charge in [0, 0.05) is 26.1 Å². The average Bonchev–Trinajstić information content (AvgIpc) is 1.87. The second-order valence-electron chi connectivity index (χ2n) is 1.80. The summed E-state index contributed by atoms with van der Waals surface area (Å²) in [4.78, 5) is 4.77. The zero-order valence-corrected chi connectivity index (χ0v) is 7.66. The molecule has 0 unspecified atom stereocenters. The largest absolute Gasteiger partial charge is 0.564 e. The second-order valence-corrected chi connectivity index (χ2v) is 1.80. The topological polar surface area (TPSA) is 21.6 Å². The van der Waals surface area contributed by atoms with E-state index < -0.39 is 0 Å². The van der Waals surface area contributed by atoms with Gasteiger partial charge in [0.05, 0.1) is 0 Å².